The van der Waals surface area contributed by atoms with E-state index in [9.17, 15) is 4.79 Å². The molecule has 0 aromatic heterocycles. The number of benzene rings is 1. The minimum absolute atomic E-state index is 0.0133. The van der Waals surface area contributed by atoms with E-state index >= 15 is 0 Å². The molecule has 36 heavy (non-hydrogen) atoms. The van der Waals surface area contributed by atoms with Crippen molar-refractivity contribution < 1.29 is 18.4 Å². The maximum Gasteiger partial charge on any atom is 0.250 e. The SMILES string of the molecule is C/C=C\C=C\[C@@H](C)C[C@@H](C=O)c1cc(O[Si](C)(C)C(C)(C)C)c(OC)c(C)c1O[Si](C)(C)C(C)(C)C. The minimum Gasteiger partial charge on any atom is -0.543 e. The minimum atomic E-state index is -2.19. The molecule has 0 fully saturated rings. The average Bonchev–Trinajstić information content (AvgIpc) is 2.72. The second-order valence-corrected chi connectivity index (χ2v) is 22.5. The Kier molecular flexibility index (Phi) is 10.9. The lowest BCUT2D eigenvalue weighted by atomic mass is 9.88. The van der Waals surface area contributed by atoms with E-state index < -0.39 is 16.6 Å². The third-order valence-electron chi connectivity index (χ3n) is 7.93. The van der Waals surface area contributed by atoms with E-state index in [-0.39, 0.29) is 21.9 Å². The van der Waals surface area contributed by atoms with Crippen LogP contribution in [0.3, 0.4) is 0 Å². The maximum atomic E-state index is 12.6. The standard InChI is InChI=1S/C30H52O4Si2/c1-15-16-17-18-22(2)19-24(21-31)25-20-26(33-35(11,12)29(4,5)6)28(32-10)23(3)27(25)34-36(13,14)30(7,8)9/h15-18,20-22,24H,19H2,1-14H3/b16-15-,18-17+/t22-,24+/m1/s1. The fraction of sp³-hybridized carbons (Fsp3) is 0.633. The Morgan fingerprint density at radius 3 is 1.89 bits per heavy atom. The predicted octanol–water partition coefficient (Wildman–Crippen LogP) is 9.21. The zero-order chi connectivity index (χ0) is 28.1. The molecule has 0 spiro atoms. The van der Waals surface area contributed by atoms with Gasteiger partial charge >= 0.3 is 0 Å². The van der Waals surface area contributed by atoms with Crippen LogP contribution in [-0.2, 0) is 4.79 Å². The molecule has 0 N–H and O–H groups in total. The molecule has 0 radical (unpaired) electrons. The van der Waals surface area contributed by atoms with Crippen LogP contribution >= 0.6 is 0 Å². The predicted molar refractivity (Wildman–Crippen MR) is 160 cm³/mol. The van der Waals surface area contributed by atoms with Crippen molar-refractivity contribution in [3.63, 3.8) is 0 Å². The topological polar surface area (TPSA) is 44.8 Å². The highest BCUT2D eigenvalue weighted by molar-refractivity contribution is 6.75. The Hall–Kier alpha value is -1.80. The van der Waals surface area contributed by atoms with Gasteiger partial charge in [-0.2, -0.15) is 0 Å². The van der Waals surface area contributed by atoms with Gasteiger partial charge in [-0.05, 0) is 68.5 Å². The van der Waals surface area contributed by atoms with Crippen LogP contribution in [0.15, 0.2) is 30.4 Å². The Bertz CT molecular complexity index is 947. The second-order valence-electron chi connectivity index (χ2n) is 13.0. The fourth-order valence-electron chi connectivity index (χ4n) is 3.45. The zero-order valence-corrected chi connectivity index (χ0v) is 27.5. The summed E-state index contributed by atoms with van der Waals surface area (Å²) in [5, 5.41) is 0.0397. The van der Waals surface area contributed by atoms with Gasteiger partial charge in [0.15, 0.2) is 5.75 Å². The molecule has 1 aromatic carbocycles. The van der Waals surface area contributed by atoms with E-state index in [1.807, 2.05) is 38.1 Å². The molecule has 0 unspecified atom stereocenters. The van der Waals surface area contributed by atoms with Gasteiger partial charge in [0.05, 0.1) is 7.11 Å². The number of methoxy groups -OCH3 is 1. The highest BCUT2D eigenvalue weighted by Gasteiger charge is 2.42. The number of hydrogen-bond donors (Lipinski definition) is 0. The van der Waals surface area contributed by atoms with Crippen molar-refractivity contribution in [2.45, 2.75) is 111 Å². The van der Waals surface area contributed by atoms with Crippen LogP contribution < -0.4 is 13.6 Å². The van der Waals surface area contributed by atoms with Crippen LogP contribution in [0.25, 0.3) is 0 Å². The Balaban J connectivity index is 3.82. The zero-order valence-electron chi connectivity index (χ0n) is 25.5. The number of ether oxygens (including phenoxy) is 1. The molecule has 0 aliphatic rings. The highest BCUT2D eigenvalue weighted by atomic mass is 28.4. The normalized spacial score (nSPS) is 15.3. The summed E-state index contributed by atoms with van der Waals surface area (Å²) >= 11 is 0. The van der Waals surface area contributed by atoms with Gasteiger partial charge in [0.1, 0.15) is 17.8 Å². The average molecular weight is 533 g/mol. The molecule has 204 valence electrons. The fourth-order valence-corrected chi connectivity index (χ4v) is 5.55. The van der Waals surface area contributed by atoms with Crippen molar-refractivity contribution in [2.75, 3.05) is 7.11 Å². The molecule has 0 aliphatic heterocycles. The van der Waals surface area contributed by atoms with Gasteiger partial charge in [-0.1, -0.05) is 72.8 Å². The molecular formula is C30H52O4Si2. The Labute approximate surface area is 223 Å². The van der Waals surface area contributed by atoms with Crippen LogP contribution in [0.2, 0.25) is 36.3 Å². The van der Waals surface area contributed by atoms with Gasteiger partial charge in [-0.15, -0.1) is 0 Å². The first-order valence-corrected chi connectivity index (χ1v) is 19.0. The van der Waals surface area contributed by atoms with E-state index in [2.05, 4.69) is 80.7 Å². The summed E-state index contributed by atoms with van der Waals surface area (Å²) in [6.45, 7) is 28.5. The summed E-state index contributed by atoms with van der Waals surface area (Å²) in [5.74, 6) is 2.10. The molecule has 0 heterocycles. The van der Waals surface area contributed by atoms with Crippen LogP contribution in [0.1, 0.15) is 78.9 Å². The monoisotopic (exact) mass is 532 g/mol. The van der Waals surface area contributed by atoms with E-state index in [0.29, 0.717) is 17.9 Å². The number of hydrogen-bond acceptors (Lipinski definition) is 4. The Morgan fingerprint density at radius 1 is 0.917 bits per heavy atom. The van der Waals surface area contributed by atoms with Crippen molar-refractivity contribution in [3.05, 3.63) is 41.5 Å². The lowest BCUT2D eigenvalue weighted by molar-refractivity contribution is -0.109. The van der Waals surface area contributed by atoms with Gasteiger partial charge in [0, 0.05) is 17.0 Å². The van der Waals surface area contributed by atoms with Crippen molar-refractivity contribution in [1.29, 1.82) is 0 Å². The molecule has 0 amide bonds. The number of rotatable bonds is 11. The molecule has 1 aromatic rings. The van der Waals surface area contributed by atoms with E-state index in [0.717, 1.165) is 23.2 Å². The number of allylic oxidation sites excluding steroid dienone is 4. The van der Waals surface area contributed by atoms with Gasteiger partial charge in [0.2, 0.25) is 0 Å². The van der Waals surface area contributed by atoms with Gasteiger partial charge in [-0.25, -0.2) is 0 Å². The van der Waals surface area contributed by atoms with E-state index in [4.69, 9.17) is 13.6 Å². The van der Waals surface area contributed by atoms with Crippen LogP contribution in [0, 0.1) is 12.8 Å². The molecule has 0 saturated carbocycles. The quantitative estimate of drug-likeness (QED) is 0.162. The van der Waals surface area contributed by atoms with Crippen molar-refractivity contribution in [2.24, 2.45) is 5.92 Å². The van der Waals surface area contributed by atoms with Crippen LogP contribution in [0.4, 0.5) is 0 Å². The summed E-state index contributed by atoms with van der Waals surface area (Å²) in [5.41, 5.74) is 1.80. The van der Waals surface area contributed by atoms with Crippen LogP contribution in [0.5, 0.6) is 17.2 Å². The largest absolute Gasteiger partial charge is 0.543 e. The lowest BCUT2D eigenvalue weighted by Crippen LogP contribution is -2.45. The Morgan fingerprint density at radius 2 is 1.44 bits per heavy atom. The highest BCUT2D eigenvalue weighted by Crippen LogP contribution is 2.49. The van der Waals surface area contributed by atoms with Crippen molar-refractivity contribution in [1.82, 2.24) is 0 Å². The summed E-state index contributed by atoms with van der Waals surface area (Å²) in [7, 11) is -2.66. The summed E-state index contributed by atoms with van der Waals surface area (Å²) < 4.78 is 19.6. The number of carbonyl (C=O) groups excluding carboxylic acids is 1. The third kappa shape index (κ3) is 7.85. The van der Waals surface area contributed by atoms with Crippen LogP contribution in [-0.4, -0.2) is 30.0 Å². The summed E-state index contributed by atoms with van der Waals surface area (Å²) in [6, 6.07) is 2.02. The van der Waals surface area contributed by atoms with E-state index in [1.165, 1.54) is 0 Å². The first-order chi connectivity index (χ1) is 16.3. The molecule has 4 nitrogen and oxygen atoms in total. The first-order valence-electron chi connectivity index (χ1n) is 13.2. The maximum absolute atomic E-state index is 12.6. The molecule has 6 heteroatoms. The summed E-state index contributed by atoms with van der Waals surface area (Å²) in [4.78, 5) is 12.6. The van der Waals surface area contributed by atoms with Gasteiger partial charge < -0.3 is 18.4 Å². The van der Waals surface area contributed by atoms with Crippen molar-refractivity contribution >= 4 is 22.9 Å². The van der Waals surface area contributed by atoms with E-state index in [1.54, 1.807) is 7.11 Å². The summed E-state index contributed by atoms with van der Waals surface area (Å²) in [6.07, 6.45) is 9.97. The van der Waals surface area contributed by atoms with Gasteiger partial charge in [-0.3, -0.25) is 0 Å². The number of aldehydes is 1. The molecule has 1 rings (SSSR count). The second kappa shape index (κ2) is 12.2. The molecule has 0 saturated heterocycles. The first kappa shape index (κ1) is 32.2. The number of carbonyl (C=O) groups is 1. The third-order valence-corrected chi connectivity index (χ3v) is 16.6. The molecule has 0 aliphatic carbocycles. The molecular weight excluding hydrogens is 480 g/mol. The van der Waals surface area contributed by atoms with Gasteiger partial charge in [0.25, 0.3) is 16.6 Å². The van der Waals surface area contributed by atoms with Crippen molar-refractivity contribution in [3.8, 4) is 17.2 Å². The lowest BCUT2D eigenvalue weighted by Gasteiger charge is -2.39. The molecule has 0 bridgehead atoms. The molecule has 2 atom stereocenters. The smallest absolute Gasteiger partial charge is 0.250 e.